The number of hydrogen-bond acceptors (Lipinski definition) is 2. The van der Waals surface area contributed by atoms with Gasteiger partial charge in [0.2, 0.25) is 0 Å². The molecule has 2 N–H and O–H groups in total. The first kappa shape index (κ1) is 7.81. The van der Waals surface area contributed by atoms with Gasteiger partial charge in [0.15, 0.2) is 6.10 Å². The Bertz CT molecular complexity index is 125. The zero-order chi connectivity index (χ0) is 7.78. The molecule has 1 rings (SSSR count). The van der Waals surface area contributed by atoms with E-state index in [0.29, 0.717) is 6.42 Å². The van der Waals surface area contributed by atoms with Crippen molar-refractivity contribution in [2.75, 3.05) is 6.61 Å². The zero-order valence-corrected chi connectivity index (χ0v) is 5.19. The number of nitrogens with two attached hydrogens (primary N) is 1. The normalized spacial score (nSPS) is 34.8. The second-order valence-electron chi connectivity index (χ2n) is 2.29. The van der Waals surface area contributed by atoms with Gasteiger partial charge in [0.05, 0.1) is 0 Å². The van der Waals surface area contributed by atoms with Crippen molar-refractivity contribution in [1.82, 2.24) is 0 Å². The van der Waals surface area contributed by atoms with E-state index in [2.05, 4.69) is 4.74 Å². The molecule has 1 aliphatic heterocycles. The van der Waals surface area contributed by atoms with Crippen LogP contribution in [0.25, 0.3) is 0 Å². The molecule has 0 amide bonds. The Morgan fingerprint density at radius 2 is 2.00 bits per heavy atom. The van der Waals surface area contributed by atoms with Crippen molar-refractivity contribution >= 4 is 0 Å². The van der Waals surface area contributed by atoms with Crippen LogP contribution in [0.2, 0.25) is 0 Å². The minimum absolute atomic E-state index is 0.116. The summed E-state index contributed by atoms with van der Waals surface area (Å²) < 4.78 is 39.8. The van der Waals surface area contributed by atoms with Gasteiger partial charge in [-0.2, -0.15) is 13.2 Å². The molecule has 60 valence electrons. The van der Waals surface area contributed by atoms with Crippen LogP contribution in [0, 0.1) is 0 Å². The molecular weight excluding hydrogens is 147 g/mol. The summed E-state index contributed by atoms with van der Waals surface area (Å²) in [6.45, 7) is 0.116. The van der Waals surface area contributed by atoms with Crippen LogP contribution in [-0.2, 0) is 4.74 Å². The van der Waals surface area contributed by atoms with Crippen molar-refractivity contribution in [1.29, 1.82) is 0 Å². The fourth-order valence-corrected chi connectivity index (χ4v) is 0.943. The molecule has 1 aliphatic rings. The lowest BCUT2D eigenvalue weighted by atomic mass is 10.1. The van der Waals surface area contributed by atoms with Gasteiger partial charge >= 0.3 is 6.18 Å². The molecule has 2 nitrogen and oxygen atoms in total. The Labute approximate surface area is 56.1 Å². The summed E-state index contributed by atoms with van der Waals surface area (Å²) in [7, 11) is 0. The van der Waals surface area contributed by atoms with E-state index < -0.39 is 18.3 Å². The van der Waals surface area contributed by atoms with Crippen LogP contribution in [-0.4, -0.2) is 24.9 Å². The van der Waals surface area contributed by atoms with Gasteiger partial charge in [0, 0.05) is 12.6 Å². The predicted octanol–water partition coefficient (Wildman–Crippen LogP) is 0.665. The highest BCUT2D eigenvalue weighted by atomic mass is 19.4. The summed E-state index contributed by atoms with van der Waals surface area (Å²) in [4.78, 5) is 0. The van der Waals surface area contributed by atoms with Gasteiger partial charge in [0.25, 0.3) is 0 Å². The van der Waals surface area contributed by atoms with Crippen LogP contribution < -0.4 is 5.73 Å². The Hall–Kier alpha value is -0.290. The van der Waals surface area contributed by atoms with Gasteiger partial charge in [-0.05, 0) is 6.42 Å². The lowest BCUT2D eigenvalue weighted by Crippen LogP contribution is -2.41. The Kier molecular flexibility index (Phi) is 1.87. The summed E-state index contributed by atoms with van der Waals surface area (Å²) >= 11 is 0. The fraction of sp³-hybridized carbons (Fsp3) is 1.00. The van der Waals surface area contributed by atoms with Gasteiger partial charge in [-0.3, -0.25) is 0 Å². The van der Waals surface area contributed by atoms with Gasteiger partial charge in [0.1, 0.15) is 0 Å². The van der Waals surface area contributed by atoms with Crippen LogP contribution in [0.5, 0.6) is 0 Å². The number of hydrogen-bond donors (Lipinski definition) is 1. The molecule has 0 spiro atoms. The first-order valence-electron chi connectivity index (χ1n) is 2.95. The summed E-state index contributed by atoms with van der Waals surface area (Å²) in [6.07, 6.45) is -5.74. The maximum Gasteiger partial charge on any atom is 0.416 e. The van der Waals surface area contributed by atoms with E-state index in [1.807, 2.05) is 0 Å². The van der Waals surface area contributed by atoms with E-state index in [4.69, 9.17) is 5.73 Å². The Balaban J connectivity index is 2.55. The van der Waals surface area contributed by atoms with Crippen molar-refractivity contribution in [3.05, 3.63) is 0 Å². The van der Waals surface area contributed by atoms with E-state index in [9.17, 15) is 13.2 Å². The van der Waals surface area contributed by atoms with Gasteiger partial charge in [-0.15, -0.1) is 0 Å². The molecule has 0 bridgehead atoms. The third kappa shape index (κ3) is 1.41. The molecule has 0 aliphatic carbocycles. The molecule has 2 atom stereocenters. The standard InChI is InChI=1S/C5H8F3NO/c6-5(7,8)4-3(9)1-2-10-4/h3-4H,1-2,9H2/t3-,4+/m0/s1. The van der Waals surface area contributed by atoms with Crippen molar-refractivity contribution in [3.63, 3.8) is 0 Å². The van der Waals surface area contributed by atoms with Crippen LogP contribution >= 0.6 is 0 Å². The maximum absolute atomic E-state index is 11.8. The summed E-state index contributed by atoms with van der Waals surface area (Å²) in [5.74, 6) is 0. The smallest absolute Gasteiger partial charge is 0.367 e. The molecule has 0 radical (unpaired) electrons. The minimum Gasteiger partial charge on any atom is -0.367 e. The fourth-order valence-electron chi connectivity index (χ4n) is 0.943. The lowest BCUT2D eigenvalue weighted by molar-refractivity contribution is -0.209. The SMILES string of the molecule is N[C@H]1CCO[C@H]1C(F)(F)F. The van der Waals surface area contributed by atoms with Crippen LogP contribution in [0.4, 0.5) is 13.2 Å². The van der Waals surface area contributed by atoms with Crippen molar-refractivity contribution < 1.29 is 17.9 Å². The van der Waals surface area contributed by atoms with Crippen molar-refractivity contribution in [3.8, 4) is 0 Å². The number of alkyl halides is 3. The molecule has 1 saturated heterocycles. The van der Waals surface area contributed by atoms with E-state index in [0.717, 1.165) is 0 Å². The highest BCUT2D eigenvalue weighted by molar-refractivity contribution is 4.84. The molecule has 0 aromatic heterocycles. The molecule has 10 heavy (non-hydrogen) atoms. The van der Waals surface area contributed by atoms with Crippen molar-refractivity contribution in [2.45, 2.75) is 24.7 Å². The van der Waals surface area contributed by atoms with E-state index in [-0.39, 0.29) is 6.61 Å². The highest BCUT2D eigenvalue weighted by Crippen LogP contribution is 2.29. The summed E-state index contributed by atoms with van der Waals surface area (Å²) in [5, 5.41) is 0. The zero-order valence-electron chi connectivity index (χ0n) is 5.19. The average Bonchev–Trinajstić information content (AvgIpc) is 2.11. The Morgan fingerprint density at radius 3 is 2.20 bits per heavy atom. The molecular formula is C5H8F3NO. The van der Waals surface area contributed by atoms with E-state index in [1.54, 1.807) is 0 Å². The third-order valence-electron chi connectivity index (χ3n) is 1.46. The Morgan fingerprint density at radius 1 is 1.40 bits per heavy atom. The lowest BCUT2D eigenvalue weighted by Gasteiger charge is -2.17. The number of rotatable bonds is 0. The topological polar surface area (TPSA) is 35.2 Å². The van der Waals surface area contributed by atoms with E-state index in [1.165, 1.54) is 0 Å². The second-order valence-corrected chi connectivity index (χ2v) is 2.29. The summed E-state index contributed by atoms with van der Waals surface area (Å²) in [6, 6.07) is -0.875. The monoisotopic (exact) mass is 155 g/mol. The first-order valence-corrected chi connectivity index (χ1v) is 2.95. The van der Waals surface area contributed by atoms with Crippen LogP contribution in [0.1, 0.15) is 6.42 Å². The largest absolute Gasteiger partial charge is 0.416 e. The molecule has 0 saturated carbocycles. The quantitative estimate of drug-likeness (QED) is 0.557. The minimum atomic E-state index is -4.30. The molecule has 0 aromatic rings. The van der Waals surface area contributed by atoms with Gasteiger partial charge in [-0.1, -0.05) is 0 Å². The third-order valence-corrected chi connectivity index (χ3v) is 1.46. The van der Waals surface area contributed by atoms with Gasteiger partial charge < -0.3 is 10.5 Å². The average molecular weight is 155 g/mol. The summed E-state index contributed by atoms with van der Waals surface area (Å²) in [5.41, 5.74) is 5.12. The highest BCUT2D eigenvalue weighted by Gasteiger charge is 2.47. The first-order chi connectivity index (χ1) is 4.52. The van der Waals surface area contributed by atoms with Crippen LogP contribution in [0.15, 0.2) is 0 Å². The van der Waals surface area contributed by atoms with Crippen LogP contribution in [0.3, 0.4) is 0 Å². The number of halogens is 3. The predicted molar refractivity (Wildman–Crippen MR) is 28.4 cm³/mol. The number of ether oxygens (including phenoxy) is 1. The van der Waals surface area contributed by atoms with E-state index >= 15 is 0 Å². The molecule has 1 fully saturated rings. The second kappa shape index (κ2) is 2.39. The molecule has 5 heteroatoms. The van der Waals surface area contributed by atoms with Crippen molar-refractivity contribution in [2.24, 2.45) is 5.73 Å². The molecule has 1 heterocycles. The maximum atomic E-state index is 11.8. The molecule has 0 unspecified atom stereocenters. The van der Waals surface area contributed by atoms with Gasteiger partial charge in [-0.25, -0.2) is 0 Å². The molecule has 0 aromatic carbocycles.